The quantitative estimate of drug-likeness (QED) is 0.497. The molecule has 1 N–H and O–H groups in total. The summed E-state index contributed by atoms with van der Waals surface area (Å²) in [6.07, 6.45) is 6.68. The lowest BCUT2D eigenvalue weighted by atomic mass is 9.57. The van der Waals surface area contributed by atoms with E-state index in [1.807, 2.05) is 19.4 Å². The highest BCUT2D eigenvalue weighted by Gasteiger charge is 2.53. The summed E-state index contributed by atoms with van der Waals surface area (Å²) < 4.78 is 16.7. The van der Waals surface area contributed by atoms with Crippen molar-refractivity contribution in [1.29, 1.82) is 0 Å². The van der Waals surface area contributed by atoms with Gasteiger partial charge in [0.2, 0.25) is 0 Å². The zero-order valence-corrected chi connectivity index (χ0v) is 21.5. The van der Waals surface area contributed by atoms with Crippen molar-refractivity contribution in [2.24, 2.45) is 23.7 Å². The van der Waals surface area contributed by atoms with E-state index in [9.17, 15) is 9.90 Å². The topological polar surface area (TPSA) is 68.2 Å². The van der Waals surface area contributed by atoms with Crippen molar-refractivity contribution in [3.63, 3.8) is 0 Å². The molecule has 1 heterocycles. The molecular formula is C28H40NO5. The van der Waals surface area contributed by atoms with E-state index in [4.69, 9.17) is 14.2 Å². The number of benzene rings is 1. The standard InChI is InChI=1S/C28H40NO5/c1-17-13-24-22(9-7-19(3)28(24,31)14-26(17)34-20(4)30)18(2)15-29-12-11-21-8-10-25(32-5)27(33-6)23(21)16-29/h8,10,13-14,18-19,22,24,26,31H,7,9,11-12,15-16H2,1-6H3/t18?,19-,22+,24-,26-,28-/m1/s1. The summed E-state index contributed by atoms with van der Waals surface area (Å²) in [4.78, 5) is 14.1. The Labute approximate surface area is 204 Å². The Balaban J connectivity index is 1.52. The third-order valence-electron chi connectivity index (χ3n) is 8.42. The molecule has 0 aromatic heterocycles. The summed E-state index contributed by atoms with van der Waals surface area (Å²) in [6, 6.07) is 4.16. The summed E-state index contributed by atoms with van der Waals surface area (Å²) in [5, 5.41) is 11.8. The molecule has 6 heteroatoms. The van der Waals surface area contributed by atoms with E-state index in [2.05, 4.69) is 30.9 Å². The van der Waals surface area contributed by atoms with Gasteiger partial charge in [-0.2, -0.15) is 0 Å². The number of hydrogen-bond acceptors (Lipinski definition) is 6. The Morgan fingerprint density at radius 2 is 2.03 bits per heavy atom. The van der Waals surface area contributed by atoms with Gasteiger partial charge in [-0.15, -0.1) is 0 Å². The molecule has 2 aliphatic carbocycles. The van der Waals surface area contributed by atoms with Crippen molar-refractivity contribution in [3.05, 3.63) is 41.3 Å². The lowest BCUT2D eigenvalue weighted by molar-refractivity contribution is -0.148. The summed E-state index contributed by atoms with van der Waals surface area (Å²) in [5.41, 5.74) is 2.61. The SMILES string of the molecule is COc1ccc2c(c1OC)CN(CC(C)[C@@H]1CC[C@@H](C)[C@]3(O)[CH][C@@H](OC(C)=O)C(C)=C[C@H]13)CC2. The smallest absolute Gasteiger partial charge is 0.303 e. The molecule has 0 amide bonds. The Bertz CT molecular complexity index is 943. The summed E-state index contributed by atoms with van der Waals surface area (Å²) in [5.74, 6) is 2.23. The third kappa shape index (κ3) is 4.59. The fraction of sp³-hybridized carbons (Fsp3) is 0.643. The first-order valence-electron chi connectivity index (χ1n) is 12.6. The van der Waals surface area contributed by atoms with Crippen molar-refractivity contribution in [2.45, 2.75) is 65.2 Å². The monoisotopic (exact) mass is 470 g/mol. The lowest BCUT2D eigenvalue weighted by Gasteiger charge is -2.53. The molecule has 0 bridgehead atoms. The summed E-state index contributed by atoms with van der Waals surface area (Å²) in [7, 11) is 3.39. The van der Waals surface area contributed by atoms with Crippen LogP contribution in [-0.4, -0.2) is 55.0 Å². The van der Waals surface area contributed by atoms with E-state index in [1.165, 1.54) is 18.1 Å². The van der Waals surface area contributed by atoms with Gasteiger partial charge in [0, 0.05) is 44.5 Å². The number of hydrogen-bond donors (Lipinski definition) is 1. The molecule has 187 valence electrons. The molecule has 0 spiro atoms. The van der Waals surface area contributed by atoms with E-state index >= 15 is 0 Å². The van der Waals surface area contributed by atoms with Gasteiger partial charge in [-0.1, -0.05) is 26.0 Å². The predicted octanol–water partition coefficient (Wildman–Crippen LogP) is 4.19. The number of rotatable bonds is 6. The van der Waals surface area contributed by atoms with Gasteiger partial charge >= 0.3 is 5.97 Å². The zero-order chi connectivity index (χ0) is 24.6. The van der Waals surface area contributed by atoms with Crippen LogP contribution in [0.1, 0.15) is 51.7 Å². The third-order valence-corrected chi connectivity index (χ3v) is 8.42. The molecule has 1 aromatic rings. The van der Waals surface area contributed by atoms with Crippen molar-refractivity contribution in [3.8, 4) is 11.5 Å². The molecule has 1 aromatic carbocycles. The highest BCUT2D eigenvalue weighted by Crippen LogP contribution is 2.51. The second-order valence-electron chi connectivity index (χ2n) is 10.6. The lowest BCUT2D eigenvalue weighted by Crippen LogP contribution is -2.56. The average molecular weight is 471 g/mol. The van der Waals surface area contributed by atoms with Gasteiger partial charge in [-0.25, -0.2) is 0 Å². The zero-order valence-electron chi connectivity index (χ0n) is 21.5. The Kier molecular flexibility index (Phi) is 7.30. The van der Waals surface area contributed by atoms with Gasteiger partial charge < -0.3 is 19.3 Å². The van der Waals surface area contributed by atoms with Gasteiger partial charge in [0.15, 0.2) is 11.5 Å². The van der Waals surface area contributed by atoms with E-state index in [1.54, 1.807) is 14.2 Å². The molecule has 4 rings (SSSR count). The van der Waals surface area contributed by atoms with Crippen LogP contribution >= 0.6 is 0 Å². The number of aliphatic hydroxyl groups is 1. The first kappa shape index (κ1) is 25.1. The molecule has 6 atom stereocenters. The second-order valence-corrected chi connectivity index (χ2v) is 10.6. The maximum absolute atomic E-state index is 11.8. The van der Waals surface area contributed by atoms with Crippen LogP contribution in [-0.2, 0) is 22.5 Å². The Hall–Kier alpha value is -2.05. The maximum Gasteiger partial charge on any atom is 0.303 e. The number of fused-ring (bicyclic) bond motifs is 2. The van der Waals surface area contributed by atoms with Crippen LogP contribution in [0.4, 0.5) is 0 Å². The van der Waals surface area contributed by atoms with Gasteiger partial charge in [0.1, 0.15) is 6.10 Å². The van der Waals surface area contributed by atoms with Crippen LogP contribution in [0.5, 0.6) is 11.5 Å². The molecule has 0 saturated heterocycles. The van der Waals surface area contributed by atoms with Crippen molar-refractivity contribution < 1.29 is 24.1 Å². The first-order valence-corrected chi connectivity index (χ1v) is 12.6. The van der Waals surface area contributed by atoms with Crippen LogP contribution < -0.4 is 9.47 Å². The number of carbonyl (C=O) groups excluding carboxylic acids is 1. The fourth-order valence-electron chi connectivity index (χ4n) is 6.47. The van der Waals surface area contributed by atoms with Gasteiger partial charge in [0.05, 0.1) is 19.8 Å². The van der Waals surface area contributed by atoms with E-state index in [-0.39, 0.29) is 17.8 Å². The largest absolute Gasteiger partial charge is 0.493 e. The van der Waals surface area contributed by atoms with E-state index in [0.29, 0.717) is 11.8 Å². The fourth-order valence-corrected chi connectivity index (χ4v) is 6.47. The molecule has 1 radical (unpaired) electrons. The maximum atomic E-state index is 11.8. The van der Waals surface area contributed by atoms with E-state index in [0.717, 1.165) is 56.0 Å². The second kappa shape index (κ2) is 9.90. The minimum atomic E-state index is -0.956. The molecule has 1 aliphatic heterocycles. The van der Waals surface area contributed by atoms with Crippen LogP contribution in [0.3, 0.4) is 0 Å². The molecule has 1 saturated carbocycles. The minimum Gasteiger partial charge on any atom is -0.493 e. The highest BCUT2D eigenvalue weighted by atomic mass is 16.5. The first-order chi connectivity index (χ1) is 16.2. The molecule has 3 aliphatic rings. The Morgan fingerprint density at radius 1 is 1.26 bits per heavy atom. The van der Waals surface area contributed by atoms with Crippen molar-refractivity contribution in [1.82, 2.24) is 4.90 Å². The highest BCUT2D eigenvalue weighted by molar-refractivity contribution is 5.66. The number of esters is 1. The molecule has 6 nitrogen and oxygen atoms in total. The molecule has 34 heavy (non-hydrogen) atoms. The van der Waals surface area contributed by atoms with Crippen LogP contribution in [0, 0.1) is 30.1 Å². The Morgan fingerprint density at radius 3 is 2.71 bits per heavy atom. The minimum absolute atomic E-state index is 0.0322. The average Bonchev–Trinajstić information content (AvgIpc) is 2.80. The van der Waals surface area contributed by atoms with Crippen LogP contribution in [0.15, 0.2) is 23.8 Å². The number of nitrogens with zero attached hydrogens (tertiary/aromatic N) is 1. The molecule has 1 unspecified atom stereocenters. The van der Waals surface area contributed by atoms with Crippen LogP contribution in [0.2, 0.25) is 0 Å². The normalized spacial score (nSPS) is 32.1. The van der Waals surface area contributed by atoms with Gasteiger partial charge in [-0.3, -0.25) is 9.69 Å². The number of carbonyl (C=O) groups is 1. The van der Waals surface area contributed by atoms with Crippen molar-refractivity contribution in [2.75, 3.05) is 27.3 Å². The number of ether oxygens (including phenoxy) is 3. The van der Waals surface area contributed by atoms with Crippen molar-refractivity contribution >= 4 is 5.97 Å². The molecule has 1 fully saturated rings. The summed E-state index contributed by atoms with van der Waals surface area (Å²) >= 11 is 0. The molecular weight excluding hydrogens is 430 g/mol. The summed E-state index contributed by atoms with van der Waals surface area (Å²) in [6.45, 7) is 10.7. The van der Waals surface area contributed by atoms with Gasteiger partial charge in [0.25, 0.3) is 0 Å². The van der Waals surface area contributed by atoms with E-state index < -0.39 is 11.7 Å². The predicted molar refractivity (Wildman–Crippen MR) is 132 cm³/mol. The number of methoxy groups -OCH3 is 2. The van der Waals surface area contributed by atoms with Gasteiger partial charge in [-0.05, 0) is 61.1 Å². The van der Waals surface area contributed by atoms with Crippen LogP contribution in [0.25, 0.3) is 0 Å².